The second-order valence-electron chi connectivity index (χ2n) is 4.07. The van der Waals surface area contributed by atoms with Crippen LogP contribution in [0, 0.1) is 0 Å². The summed E-state index contributed by atoms with van der Waals surface area (Å²) >= 11 is 0. The van der Waals surface area contributed by atoms with Crippen molar-refractivity contribution < 1.29 is 4.42 Å². The molecule has 3 N–H and O–H groups in total. The third-order valence-corrected chi connectivity index (χ3v) is 2.66. The first kappa shape index (κ1) is 11.3. The fourth-order valence-corrected chi connectivity index (χ4v) is 1.77. The van der Waals surface area contributed by atoms with Crippen LogP contribution in [-0.4, -0.2) is 14.5 Å². The van der Waals surface area contributed by atoms with Crippen LogP contribution in [0.2, 0.25) is 0 Å². The summed E-state index contributed by atoms with van der Waals surface area (Å²) in [7, 11) is 0. The van der Waals surface area contributed by atoms with E-state index < -0.39 is 11.2 Å². The number of nitrogens with two attached hydrogens (primary N) is 1. The number of hydrogen-bond donors (Lipinski definition) is 2. The van der Waals surface area contributed by atoms with E-state index in [-0.39, 0.29) is 6.54 Å². The Labute approximate surface area is 106 Å². The first-order valence-corrected chi connectivity index (χ1v) is 5.56. The Hall–Kier alpha value is -2.83. The van der Waals surface area contributed by atoms with Crippen molar-refractivity contribution in [1.82, 2.24) is 14.5 Å². The minimum Gasteiger partial charge on any atom is -0.439 e. The molecular weight excluding hydrogens is 248 g/mol. The Morgan fingerprint density at radius 1 is 1.32 bits per heavy atom. The molecule has 0 aliphatic carbocycles. The molecule has 0 bridgehead atoms. The van der Waals surface area contributed by atoms with Gasteiger partial charge in [-0.15, -0.1) is 0 Å². The third-order valence-electron chi connectivity index (χ3n) is 2.66. The molecule has 0 atom stereocenters. The quantitative estimate of drug-likeness (QED) is 0.643. The van der Waals surface area contributed by atoms with Crippen molar-refractivity contribution in [3.05, 3.63) is 57.2 Å². The lowest BCUT2D eigenvalue weighted by molar-refractivity contribution is 0.500. The lowest BCUT2D eigenvalue weighted by atomic mass is 10.3. The molecule has 0 saturated carbocycles. The van der Waals surface area contributed by atoms with Crippen molar-refractivity contribution in [2.75, 3.05) is 5.73 Å². The molecule has 0 unspecified atom stereocenters. The second-order valence-corrected chi connectivity index (χ2v) is 4.07. The predicted octanol–water partition coefficient (Wildman–Crippen LogP) is 0.308. The lowest BCUT2D eigenvalue weighted by Gasteiger charge is -1.99. The summed E-state index contributed by atoms with van der Waals surface area (Å²) in [6.45, 7) is 0.143. The number of nitrogens with one attached hydrogen (secondary N) is 1. The Morgan fingerprint density at radius 2 is 2.16 bits per heavy atom. The van der Waals surface area contributed by atoms with Gasteiger partial charge in [-0.2, -0.15) is 0 Å². The average Bonchev–Trinajstić information content (AvgIpc) is 2.74. The maximum absolute atomic E-state index is 11.5. The van der Waals surface area contributed by atoms with Crippen molar-refractivity contribution in [3.8, 4) is 0 Å². The zero-order valence-corrected chi connectivity index (χ0v) is 9.79. The van der Waals surface area contributed by atoms with E-state index in [1.54, 1.807) is 18.2 Å². The molecule has 96 valence electrons. The molecule has 3 rings (SSSR count). The summed E-state index contributed by atoms with van der Waals surface area (Å²) in [5, 5.41) is 0. The molecule has 0 aliphatic rings. The number of benzene rings is 1. The normalized spacial score (nSPS) is 10.9. The zero-order chi connectivity index (χ0) is 13.4. The Kier molecular flexibility index (Phi) is 2.45. The van der Waals surface area contributed by atoms with Crippen LogP contribution >= 0.6 is 0 Å². The van der Waals surface area contributed by atoms with Crippen LogP contribution in [0.3, 0.4) is 0 Å². The van der Waals surface area contributed by atoms with Gasteiger partial charge in [0.1, 0.15) is 12.1 Å². The molecule has 7 heteroatoms. The van der Waals surface area contributed by atoms with Crippen LogP contribution in [0.4, 0.5) is 5.69 Å². The molecule has 2 heterocycles. The molecule has 0 radical (unpaired) electrons. The number of anilines is 1. The van der Waals surface area contributed by atoms with Gasteiger partial charge in [-0.25, -0.2) is 9.78 Å². The van der Waals surface area contributed by atoms with Gasteiger partial charge in [0.25, 0.3) is 5.56 Å². The van der Waals surface area contributed by atoms with E-state index in [1.807, 2.05) is 0 Å². The van der Waals surface area contributed by atoms with Crippen molar-refractivity contribution in [2.45, 2.75) is 6.54 Å². The SMILES string of the molecule is Nc1ccc2oc(Cn3ccc(=O)[nH]c3=O)nc2c1. The summed E-state index contributed by atoms with van der Waals surface area (Å²) in [5.41, 5.74) is 6.53. The molecular formula is C12H10N4O3. The van der Waals surface area contributed by atoms with Crippen LogP contribution in [0.15, 0.2) is 44.5 Å². The van der Waals surface area contributed by atoms with Gasteiger partial charge in [0.2, 0.25) is 5.89 Å². The van der Waals surface area contributed by atoms with Gasteiger partial charge in [-0.3, -0.25) is 14.3 Å². The summed E-state index contributed by atoms with van der Waals surface area (Å²) in [6.07, 6.45) is 1.39. The molecule has 2 aromatic heterocycles. The summed E-state index contributed by atoms with van der Waals surface area (Å²) in [4.78, 5) is 28.9. The number of oxazole rings is 1. The van der Waals surface area contributed by atoms with Crippen molar-refractivity contribution in [3.63, 3.8) is 0 Å². The number of fused-ring (bicyclic) bond motifs is 1. The lowest BCUT2D eigenvalue weighted by Crippen LogP contribution is -2.28. The largest absolute Gasteiger partial charge is 0.439 e. The Morgan fingerprint density at radius 3 is 2.95 bits per heavy atom. The molecule has 0 spiro atoms. The standard InChI is InChI=1S/C12H10N4O3/c13-7-1-2-9-8(5-7)14-11(19-9)6-16-4-3-10(17)15-12(16)18/h1-5H,6,13H2,(H,15,17,18). The summed E-state index contributed by atoms with van der Waals surface area (Å²) in [6, 6.07) is 6.39. The third kappa shape index (κ3) is 2.13. The van der Waals surface area contributed by atoms with Crippen LogP contribution in [0.1, 0.15) is 5.89 Å². The molecule has 0 saturated heterocycles. The van der Waals surface area contributed by atoms with Crippen LogP contribution in [-0.2, 0) is 6.54 Å². The van der Waals surface area contributed by atoms with Gasteiger partial charge >= 0.3 is 5.69 Å². The van der Waals surface area contributed by atoms with E-state index in [4.69, 9.17) is 10.2 Å². The van der Waals surface area contributed by atoms with E-state index in [0.717, 1.165) is 0 Å². The van der Waals surface area contributed by atoms with Crippen molar-refractivity contribution in [2.24, 2.45) is 0 Å². The molecule has 0 fully saturated rings. The highest BCUT2D eigenvalue weighted by molar-refractivity contribution is 5.76. The smallest absolute Gasteiger partial charge is 0.328 e. The average molecular weight is 258 g/mol. The van der Waals surface area contributed by atoms with E-state index in [1.165, 1.54) is 16.8 Å². The highest BCUT2D eigenvalue weighted by atomic mass is 16.3. The molecule has 1 aromatic carbocycles. The molecule has 19 heavy (non-hydrogen) atoms. The number of rotatable bonds is 2. The van der Waals surface area contributed by atoms with E-state index in [2.05, 4.69) is 9.97 Å². The topological polar surface area (TPSA) is 107 Å². The van der Waals surface area contributed by atoms with E-state index in [0.29, 0.717) is 22.7 Å². The number of nitrogen functional groups attached to an aromatic ring is 1. The van der Waals surface area contributed by atoms with Gasteiger partial charge in [0.15, 0.2) is 5.58 Å². The minimum atomic E-state index is -0.505. The van der Waals surface area contributed by atoms with Gasteiger partial charge in [0.05, 0.1) is 0 Å². The van der Waals surface area contributed by atoms with E-state index >= 15 is 0 Å². The van der Waals surface area contributed by atoms with E-state index in [9.17, 15) is 9.59 Å². The van der Waals surface area contributed by atoms with Gasteiger partial charge < -0.3 is 10.2 Å². The van der Waals surface area contributed by atoms with Gasteiger partial charge in [-0.1, -0.05) is 0 Å². The number of hydrogen-bond acceptors (Lipinski definition) is 5. The number of H-pyrrole nitrogens is 1. The van der Waals surface area contributed by atoms with Gasteiger partial charge in [0, 0.05) is 18.0 Å². The Balaban J connectivity index is 2.01. The van der Waals surface area contributed by atoms with Crippen LogP contribution in [0.25, 0.3) is 11.1 Å². The predicted molar refractivity (Wildman–Crippen MR) is 68.8 cm³/mol. The first-order valence-electron chi connectivity index (χ1n) is 5.56. The molecule has 3 aromatic rings. The molecule has 0 amide bonds. The number of aromatic amines is 1. The fourth-order valence-electron chi connectivity index (χ4n) is 1.77. The fraction of sp³-hybridized carbons (Fsp3) is 0.0833. The van der Waals surface area contributed by atoms with Crippen LogP contribution < -0.4 is 17.0 Å². The maximum atomic E-state index is 11.5. The summed E-state index contributed by atoms with van der Waals surface area (Å²) < 4.78 is 6.79. The summed E-state index contributed by atoms with van der Waals surface area (Å²) in [5.74, 6) is 0.370. The maximum Gasteiger partial charge on any atom is 0.328 e. The number of nitrogens with zero attached hydrogens (tertiary/aromatic N) is 2. The highest BCUT2D eigenvalue weighted by Gasteiger charge is 2.07. The van der Waals surface area contributed by atoms with Crippen LogP contribution in [0.5, 0.6) is 0 Å². The number of aromatic nitrogens is 3. The zero-order valence-electron chi connectivity index (χ0n) is 9.79. The first-order chi connectivity index (χ1) is 9.11. The molecule has 7 nitrogen and oxygen atoms in total. The highest BCUT2D eigenvalue weighted by Crippen LogP contribution is 2.18. The second kappa shape index (κ2) is 4.13. The van der Waals surface area contributed by atoms with Gasteiger partial charge in [-0.05, 0) is 18.2 Å². The minimum absolute atomic E-state index is 0.143. The van der Waals surface area contributed by atoms with Crippen molar-refractivity contribution >= 4 is 16.8 Å². The molecule has 0 aliphatic heterocycles. The Bertz CT molecular complexity index is 859. The van der Waals surface area contributed by atoms with Crippen molar-refractivity contribution in [1.29, 1.82) is 0 Å². The monoisotopic (exact) mass is 258 g/mol.